The van der Waals surface area contributed by atoms with Crippen LogP contribution < -0.4 is 11.1 Å². The van der Waals surface area contributed by atoms with Gasteiger partial charge in [-0.3, -0.25) is 4.79 Å². The van der Waals surface area contributed by atoms with Gasteiger partial charge in [0.05, 0.1) is 17.1 Å². The number of hydrogen-bond donors (Lipinski definition) is 2. The highest BCUT2D eigenvalue weighted by molar-refractivity contribution is 7.13. The van der Waals surface area contributed by atoms with E-state index in [1.807, 2.05) is 29.6 Å². The molecule has 8 heteroatoms. The SMILES string of the molecule is Cl.Cl.NCC(NC(=O)Cc1csc(-c2ccccc2Cl)n1)C1CCCCC1. The number of halogens is 3. The number of nitrogens with two attached hydrogens (primary N) is 1. The largest absolute Gasteiger partial charge is 0.351 e. The normalized spacial score (nSPS) is 15.3. The van der Waals surface area contributed by atoms with Crippen molar-refractivity contribution in [1.82, 2.24) is 10.3 Å². The number of aromatic nitrogens is 1. The molecule has 0 aliphatic heterocycles. The molecule has 0 radical (unpaired) electrons. The number of carbonyl (C=O) groups excluding carboxylic acids is 1. The summed E-state index contributed by atoms with van der Waals surface area (Å²) in [7, 11) is 0. The van der Waals surface area contributed by atoms with E-state index in [1.54, 1.807) is 0 Å². The lowest BCUT2D eigenvalue weighted by Gasteiger charge is -2.30. The molecule has 1 aromatic heterocycles. The van der Waals surface area contributed by atoms with E-state index in [-0.39, 0.29) is 43.2 Å². The van der Waals surface area contributed by atoms with Crippen LogP contribution in [0.5, 0.6) is 0 Å². The number of amides is 1. The Morgan fingerprint density at radius 2 is 1.96 bits per heavy atom. The van der Waals surface area contributed by atoms with E-state index in [0.717, 1.165) is 29.1 Å². The highest BCUT2D eigenvalue weighted by Crippen LogP contribution is 2.30. The monoisotopic (exact) mass is 449 g/mol. The van der Waals surface area contributed by atoms with Gasteiger partial charge in [-0.2, -0.15) is 0 Å². The standard InChI is InChI=1S/C19H24ClN3OS.2ClH/c20-16-9-5-4-8-15(16)19-22-14(12-25-19)10-18(24)23-17(11-21)13-6-2-1-3-7-13;;/h4-5,8-9,12-13,17H,1-3,6-7,10-11,21H2,(H,23,24);2*1H. The minimum absolute atomic E-state index is 0. The molecular formula is C19H26Cl3N3OS. The first kappa shape index (κ1) is 24.2. The molecule has 0 saturated heterocycles. The van der Waals surface area contributed by atoms with Crippen LogP contribution in [0.15, 0.2) is 29.6 Å². The molecule has 3 rings (SSSR count). The summed E-state index contributed by atoms with van der Waals surface area (Å²) in [6.45, 7) is 0.498. The van der Waals surface area contributed by atoms with Gasteiger partial charge in [-0.05, 0) is 24.8 Å². The molecule has 4 nitrogen and oxygen atoms in total. The van der Waals surface area contributed by atoms with Crippen LogP contribution in [0.3, 0.4) is 0 Å². The van der Waals surface area contributed by atoms with E-state index in [0.29, 0.717) is 17.5 Å². The third-order valence-electron chi connectivity index (χ3n) is 4.82. The third-order valence-corrected chi connectivity index (χ3v) is 6.07. The summed E-state index contributed by atoms with van der Waals surface area (Å²) in [6, 6.07) is 7.70. The molecule has 3 N–H and O–H groups in total. The Morgan fingerprint density at radius 1 is 1.26 bits per heavy atom. The minimum atomic E-state index is -0.00275. The molecular weight excluding hydrogens is 425 g/mol. The third kappa shape index (κ3) is 6.61. The number of nitrogens with one attached hydrogen (secondary N) is 1. The number of thiazole rings is 1. The molecule has 1 fully saturated rings. The van der Waals surface area contributed by atoms with Crippen molar-refractivity contribution >= 4 is 53.7 Å². The summed E-state index contributed by atoms with van der Waals surface area (Å²) in [5.74, 6) is 0.508. The van der Waals surface area contributed by atoms with Crippen LogP contribution in [0.25, 0.3) is 10.6 Å². The van der Waals surface area contributed by atoms with Crippen molar-refractivity contribution in [3.05, 3.63) is 40.4 Å². The van der Waals surface area contributed by atoms with Gasteiger partial charge in [0.15, 0.2) is 0 Å². The number of carbonyl (C=O) groups is 1. The second-order valence-electron chi connectivity index (χ2n) is 6.61. The van der Waals surface area contributed by atoms with Gasteiger partial charge < -0.3 is 11.1 Å². The van der Waals surface area contributed by atoms with E-state index < -0.39 is 0 Å². The second-order valence-corrected chi connectivity index (χ2v) is 7.87. The van der Waals surface area contributed by atoms with Gasteiger partial charge >= 0.3 is 0 Å². The molecule has 1 aromatic carbocycles. The summed E-state index contributed by atoms with van der Waals surface area (Å²) < 4.78 is 0. The number of hydrogen-bond acceptors (Lipinski definition) is 4. The zero-order chi connectivity index (χ0) is 17.6. The van der Waals surface area contributed by atoms with Gasteiger partial charge in [0.1, 0.15) is 5.01 Å². The maximum atomic E-state index is 12.4. The topological polar surface area (TPSA) is 68.0 Å². The van der Waals surface area contributed by atoms with Crippen molar-refractivity contribution in [2.75, 3.05) is 6.54 Å². The van der Waals surface area contributed by atoms with Crippen LogP contribution in [0.1, 0.15) is 37.8 Å². The van der Waals surface area contributed by atoms with Crippen LogP contribution >= 0.6 is 47.8 Å². The molecule has 0 spiro atoms. The first-order valence-electron chi connectivity index (χ1n) is 8.86. The van der Waals surface area contributed by atoms with Crippen LogP contribution in [-0.2, 0) is 11.2 Å². The molecule has 1 atom stereocenters. The smallest absolute Gasteiger partial charge is 0.226 e. The van der Waals surface area contributed by atoms with Crippen LogP contribution in [0.2, 0.25) is 5.02 Å². The number of nitrogens with zero attached hydrogens (tertiary/aromatic N) is 1. The molecule has 1 aliphatic rings. The Kier molecular flexibility index (Phi) is 10.6. The molecule has 150 valence electrons. The highest BCUT2D eigenvalue weighted by Gasteiger charge is 2.24. The van der Waals surface area contributed by atoms with E-state index in [2.05, 4.69) is 10.3 Å². The van der Waals surface area contributed by atoms with Crippen LogP contribution in [0, 0.1) is 5.92 Å². The zero-order valence-electron chi connectivity index (χ0n) is 15.0. The minimum Gasteiger partial charge on any atom is -0.351 e. The molecule has 1 saturated carbocycles. The van der Waals surface area contributed by atoms with Crippen molar-refractivity contribution in [3.63, 3.8) is 0 Å². The van der Waals surface area contributed by atoms with Gasteiger partial charge in [0.25, 0.3) is 0 Å². The molecule has 1 aliphatic carbocycles. The quantitative estimate of drug-likeness (QED) is 0.659. The second kappa shape index (κ2) is 11.9. The fourth-order valence-corrected chi connectivity index (χ4v) is 4.61. The van der Waals surface area contributed by atoms with E-state index in [4.69, 9.17) is 17.3 Å². The Balaban J connectivity index is 0.00000182. The van der Waals surface area contributed by atoms with E-state index >= 15 is 0 Å². The van der Waals surface area contributed by atoms with Gasteiger partial charge in [-0.25, -0.2) is 4.98 Å². The van der Waals surface area contributed by atoms with Crippen molar-refractivity contribution < 1.29 is 4.79 Å². The fourth-order valence-electron chi connectivity index (χ4n) is 3.47. The zero-order valence-corrected chi connectivity index (χ0v) is 18.2. The summed E-state index contributed by atoms with van der Waals surface area (Å²) in [5.41, 5.74) is 7.58. The lowest BCUT2D eigenvalue weighted by atomic mass is 9.84. The number of rotatable bonds is 6. The molecule has 2 aromatic rings. The van der Waals surface area contributed by atoms with Gasteiger partial charge in [-0.1, -0.05) is 49.1 Å². The van der Waals surface area contributed by atoms with E-state index in [1.165, 1.54) is 30.6 Å². The average molecular weight is 451 g/mol. The highest BCUT2D eigenvalue weighted by atomic mass is 35.5. The Hall–Kier alpha value is -0.850. The Morgan fingerprint density at radius 3 is 2.63 bits per heavy atom. The number of benzene rings is 1. The van der Waals surface area contributed by atoms with Gasteiger partial charge in [-0.15, -0.1) is 36.2 Å². The Labute approximate surface area is 182 Å². The van der Waals surface area contributed by atoms with Crippen LogP contribution in [-0.4, -0.2) is 23.5 Å². The van der Waals surface area contributed by atoms with E-state index in [9.17, 15) is 4.79 Å². The summed E-state index contributed by atoms with van der Waals surface area (Å²) in [4.78, 5) is 17.0. The summed E-state index contributed by atoms with van der Waals surface area (Å²) in [5, 5.41) is 6.56. The average Bonchev–Trinajstić information content (AvgIpc) is 3.09. The predicted molar refractivity (Wildman–Crippen MR) is 118 cm³/mol. The van der Waals surface area contributed by atoms with Gasteiger partial charge in [0, 0.05) is 23.5 Å². The van der Waals surface area contributed by atoms with Crippen molar-refractivity contribution in [2.24, 2.45) is 11.7 Å². The summed E-state index contributed by atoms with van der Waals surface area (Å²) in [6.07, 6.45) is 6.38. The van der Waals surface area contributed by atoms with Crippen molar-refractivity contribution in [1.29, 1.82) is 0 Å². The van der Waals surface area contributed by atoms with Crippen LogP contribution in [0.4, 0.5) is 0 Å². The molecule has 1 amide bonds. The lowest BCUT2D eigenvalue weighted by Crippen LogP contribution is -2.46. The van der Waals surface area contributed by atoms with Gasteiger partial charge in [0.2, 0.25) is 5.91 Å². The Bertz CT molecular complexity index is 720. The van der Waals surface area contributed by atoms with Crippen molar-refractivity contribution in [3.8, 4) is 10.6 Å². The fraction of sp³-hybridized carbons (Fsp3) is 0.474. The van der Waals surface area contributed by atoms with Crippen molar-refractivity contribution in [2.45, 2.75) is 44.6 Å². The maximum absolute atomic E-state index is 12.4. The summed E-state index contributed by atoms with van der Waals surface area (Å²) >= 11 is 7.73. The molecule has 0 bridgehead atoms. The molecule has 1 heterocycles. The first-order chi connectivity index (χ1) is 12.2. The maximum Gasteiger partial charge on any atom is 0.226 e. The molecule has 27 heavy (non-hydrogen) atoms. The molecule has 1 unspecified atom stereocenters. The first-order valence-corrected chi connectivity index (χ1v) is 10.1. The lowest BCUT2D eigenvalue weighted by molar-refractivity contribution is -0.121. The predicted octanol–water partition coefficient (Wildman–Crippen LogP) is 4.87.